The van der Waals surface area contributed by atoms with Crippen molar-refractivity contribution >= 4 is 29.1 Å². The molecule has 0 atom stereocenters. The van der Waals surface area contributed by atoms with Crippen LogP contribution in [0.5, 0.6) is 5.75 Å². The van der Waals surface area contributed by atoms with Crippen molar-refractivity contribution in [3.63, 3.8) is 0 Å². The number of nitrogens with zero attached hydrogens (tertiary/aromatic N) is 3. The van der Waals surface area contributed by atoms with Gasteiger partial charge in [-0.2, -0.15) is 0 Å². The van der Waals surface area contributed by atoms with Crippen LogP contribution in [-0.2, 0) is 16.0 Å². The summed E-state index contributed by atoms with van der Waals surface area (Å²) in [5.74, 6) is 0.950. The predicted octanol–water partition coefficient (Wildman–Crippen LogP) is 2.37. The smallest absolute Gasteiger partial charge is 0.253 e. The van der Waals surface area contributed by atoms with Crippen LogP contribution in [0.2, 0.25) is 0 Å². The summed E-state index contributed by atoms with van der Waals surface area (Å²) < 4.78 is 5.20. The molecule has 3 amide bonds. The van der Waals surface area contributed by atoms with E-state index >= 15 is 0 Å². The first kappa shape index (κ1) is 26.0. The average molecular weight is 520 g/mol. The van der Waals surface area contributed by atoms with Gasteiger partial charge in [0.1, 0.15) is 5.75 Å². The first-order valence-corrected chi connectivity index (χ1v) is 13.6. The van der Waals surface area contributed by atoms with E-state index in [1.807, 2.05) is 52.3 Å². The third-order valence-corrected chi connectivity index (χ3v) is 7.56. The molecule has 3 fully saturated rings. The summed E-state index contributed by atoms with van der Waals surface area (Å²) in [5.41, 5.74) is 3.13. The number of carbonyl (C=O) groups is 3. The van der Waals surface area contributed by atoms with Crippen molar-refractivity contribution in [2.75, 3.05) is 69.7 Å². The highest BCUT2D eigenvalue weighted by molar-refractivity contribution is 6.01. The van der Waals surface area contributed by atoms with Gasteiger partial charge in [-0.15, -0.1) is 0 Å². The van der Waals surface area contributed by atoms with Crippen LogP contribution in [0, 0.1) is 5.92 Å². The van der Waals surface area contributed by atoms with Crippen molar-refractivity contribution < 1.29 is 19.1 Å². The van der Waals surface area contributed by atoms with Crippen LogP contribution in [0.4, 0.5) is 11.4 Å². The molecule has 0 unspecified atom stereocenters. The molecule has 2 aliphatic heterocycles. The Balaban J connectivity index is 1.26. The number of hydrogen-bond donors (Lipinski definition) is 2. The number of ether oxygens (including phenoxy) is 1. The maximum Gasteiger partial charge on any atom is 0.253 e. The number of carbonyl (C=O) groups excluding carboxylic acids is 3. The largest absolute Gasteiger partial charge is 0.497 e. The Bertz CT molecular complexity index is 1150. The molecule has 202 valence electrons. The number of rotatable bonds is 7. The molecular formula is C29H37N5O4. The lowest BCUT2D eigenvalue weighted by molar-refractivity contribution is -0.130. The Labute approximate surface area is 224 Å². The third kappa shape index (κ3) is 6.27. The molecule has 1 saturated carbocycles. The van der Waals surface area contributed by atoms with Crippen LogP contribution in [0.1, 0.15) is 35.2 Å². The molecule has 9 nitrogen and oxygen atoms in total. The van der Waals surface area contributed by atoms with E-state index in [1.165, 1.54) is 0 Å². The average Bonchev–Trinajstić information content (AvgIpc) is 3.81. The van der Waals surface area contributed by atoms with Crippen LogP contribution >= 0.6 is 0 Å². The molecule has 5 rings (SSSR count). The van der Waals surface area contributed by atoms with Gasteiger partial charge in [-0.25, -0.2) is 0 Å². The van der Waals surface area contributed by atoms with Gasteiger partial charge in [0, 0.05) is 57.3 Å². The number of nitrogens with one attached hydrogen (secondary N) is 2. The highest BCUT2D eigenvalue weighted by Crippen LogP contribution is 2.34. The van der Waals surface area contributed by atoms with E-state index < -0.39 is 0 Å². The van der Waals surface area contributed by atoms with Gasteiger partial charge in [0.25, 0.3) is 5.91 Å². The molecule has 3 aliphatic rings. The molecule has 2 heterocycles. The van der Waals surface area contributed by atoms with Crippen LogP contribution in [0.15, 0.2) is 42.5 Å². The minimum atomic E-state index is -0.00359. The van der Waals surface area contributed by atoms with E-state index in [2.05, 4.69) is 15.5 Å². The Morgan fingerprint density at radius 3 is 2.39 bits per heavy atom. The van der Waals surface area contributed by atoms with E-state index in [9.17, 15) is 14.4 Å². The summed E-state index contributed by atoms with van der Waals surface area (Å²) >= 11 is 0. The lowest BCUT2D eigenvalue weighted by atomic mass is 10.1. The summed E-state index contributed by atoms with van der Waals surface area (Å²) in [6, 6.07) is 13.2. The zero-order valence-electron chi connectivity index (χ0n) is 22.1. The first-order valence-electron chi connectivity index (χ1n) is 13.6. The standard InChI is InChI=1S/C29H37N5O4/c1-38-24-8-3-21(4-9-24)19-27(35)33-17-15-32(16-18-33)26-10-7-23(20-25(26)31-28(36)22-5-6-22)29(37)34-13-2-11-30-12-14-34/h3-4,7-10,20,22,30H,2,5-6,11-19H2,1H3,(H,31,36). The van der Waals surface area contributed by atoms with Gasteiger partial charge in [-0.1, -0.05) is 12.1 Å². The van der Waals surface area contributed by atoms with E-state index in [-0.39, 0.29) is 23.6 Å². The minimum absolute atomic E-state index is 0.00359. The van der Waals surface area contributed by atoms with Gasteiger partial charge in [-0.05, 0) is 61.7 Å². The molecule has 1 aliphatic carbocycles. The molecule has 2 saturated heterocycles. The maximum atomic E-state index is 13.2. The second kappa shape index (κ2) is 11.9. The van der Waals surface area contributed by atoms with Crippen LogP contribution in [-0.4, -0.2) is 87.0 Å². The van der Waals surface area contributed by atoms with Gasteiger partial charge >= 0.3 is 0 Å². The number of amides is 3. The number of benzene rings is 2. The topological polar surface area (TPSA) is 94.2 Å². The van der Waals surface area contributed by atoms with Gasteiger partial charge in [0.15, 0.2) is 0 Å². The Kier molecular flexibility index (Phi) is 8.12. The highest BCUT2D eigenvalue weighted by atomic mass is 16.5. The van der Waals surface area contributed by atoms with Gasteiger partial charge in [-0.3, -0.25) is 14.4 Å². The minimum Gasteiger partial charge on any atom is -0.497 e. The fourth-order valence-electron chi connectivity index (χ4n) is 5.08. The Morgan fingerprint density at radius 1 is 0.921 bits per heavy atom. The highest BCUT2D eigenvalue weighted by Gasteiger charge is 2.31. The second-order valence-corrected chi connectivity index (χ2v) is 10.3. The van der Waals surface area contributed by atoms with Crippen molar-refractivity contribution in [3.05, 3.63) is 53.6 Å². The van der Waals surface area contributed by atoms with Crippen molar-refractivity contribution in [2.24, 2.45) is 5.92 Å². The molecular weight excluding hydrogens is 482 g/mol. The van der Waals surface area contributed by atoms with Crippen molar-refractivity contribution in [1.82, 2.24) is 15.1 Å². The van der Waals surface area contributed by atoms with Crippen molar-refractivity contribution in [1.29, 1.82) is 0 Å². The zero-order valence-corrected chi connectivity index (χ0v) is 22.1. The SMILES string of the molecule is COc1ccc(CC(=O)N2CCN(c3ccc(C(=O)N4CCCNCC4)cc3NC(=O)C3CC3)CC2)cc1. The van der Waals surface area contributed by atoms with Crippen LogP contribution < -0.4 is 20.3 Å². The summed E-state index contributed by atoms with van der Waals surface area (Å²) in [6.07, 6.45) is 3.11. The van der Waals surface area contributed by atoms with Gasteiger partial charge in [0.05, 0.1) is 24.9 Å². The lowest BCUT2D eigenvalue weighted by Crippen LogP contribution is -2.49. The lowest BCUT2D eigenvalue weighted by Gasteiger charge is -2.37. The molecule has 2 aromatic carbocycles. The van der Waals surface area contributed by atoms with Crippen molar-refractivity contribution in [3.8, 4) is 5.75 Å². The van der Waals surface area contributed by atoms with Gasteiger partial charge in [0.2, 0.25) is 11.8 Å². The van der Waals surface area contributed by atoms with Crippen molar-refractivity contribution in [2.45, 2.75) is 25.7 Å². The molecule has 0 radical (unpaired) electrons. The molecule has 9 heteroatoms. The number of piperazine rings is 1. The molecule has 2 N–H and O–H groups in total. The monoisotopic (exact) mass is 519 g/mol. The maximum absolute atomic E-state index is 13.2. The molecule has 0 aromatic heterocycles. The number of methoxy groups -OCH3 is 1. The van der Waals surface area contributed by atoms with Crippen LogP contribution in [0.3, 0.4) is 0 Å². The molecule has 0 bridgehead atoms. The number of hydrogen-bond acceptors (Lipinski definition) is 6. The predicted molar refractivity (Wildman–Crippen MR) is 147 cm³/mol. The zero-order chi connectivity index (χ0) is 26.5. The third-order valence-electron chi connectivity index (χ3n) is 7.56. The fourth-order valence-corrected chi connectivity index (χ4v) is 5.08. The van der Waals surface area contributed by atoms with E-state index in [1.54, 1.807) is 7.11 Å². The molecule has 38 heavy (non-hydrogen) atoms. The fraction of sp³-hybridized carbons (Fsp3) is 0.483. The summed E-state index contributed by atoms with van der Waals surface area (Å²) in [6.45, 7) is 5.63. The second-order valence-electron chi connectivity index (χ2n) is 10.3. The summed E-state index contributed by atoms with van der Waals surface area (Å²) in [7, 11) is 1.63. The molecule has 0 spiro atoms. The van der Waals surface area contributed by atoms with E-state index in [0.29, 0.717) is 50.4 Å². The van der Waals surface area contributed by atoms with Crippen LogP contribution in [0.25, 0.3) is 0 Å². The first-order chi connectivity index (χ1) is 18.5. The normalized spacial score (nSPS) is 18.1. The quantitative estimate of drug-likeness (QED) is 0.584. The number of anilines is 2. The van der Waals surface area contributed by atoms with E-state index in [4.69, 9.17) is 4.74 Å². The molecule has 2 aromatic rings. The summed E-state index contributed by atoms with van der Waals surface area (Å²) in [5, 5.41) is 6.43. The Morgan fingerprint density at radius 2 is 1.68 bits per heavy atom. The summed E-state index contributed by atoms with van der Waals surface area (Å²) in [4.78, 5) is 44.9. The Hall–Kier alpha value is -3.59. The van der Waals surface area contributed by atoms with Gasteiger partial charge < -0.3 is 30.1 Å². The van der Waals surface area contributed by atoms with E-state index in [0.717, 1.165) is 55.9 Å².